The Kier molecular flexibility index (Phi) is 11.1. The number of benzene rings is 3. The Hall–Kier alpha value is -4.72. The molecule has 3 aromatic heterocycles. The van der Waals surface area contributed by atoms with Gasteiger partial charge in [-0.3, -0.25) is 4.79 Å². The van der Waals surface area contributed by atoms with E-state index in [1.807, 2.05) is 36.4 Å². The number of hydrogen-bond acceptors (Lipinski definition) is 8. The quantitative estimate of drug-likeness (QED) is 0.104. The number of halogens is 3. The maximum atomic E-state index is 13.6. The first-order chi connectivity index (χ1) is 24.6. The van der Waals surface area contributed by atoms with E-state index >= 15 is 0 Å². The molecule has 1 amide bonds. The van der Waals surface area contributed by atoms with E-state index in [4.69, 9.17) is 37.1 Å². The van der Waals surface area contributed by atoms with Gasteiger partial charge in [0.15, 0.2) is 5.65 Å². The lowest BCUT2D eigenvalue weighted by Gasteiger charge is -2.43. The highest BCUT2D eigenvalue weighted by atomic mass is 35.5. The number of carbonyl (C=O) groups excluding carboxylic acids is 1. The summed E-state index contributed by atoms with van der Waals surface area (Å²) in [6.07, 6.45) is 2.58. The van der Waals surface area contributed by atoms with E-state index in [-0.39, 0.29) is 36.6 Å². The van der Waals surface area contributed by atoms with Crippen LogP contribution in [0.4, 0.5) is 10.2 Å². The van der Waals surface area contributed by atoms with Crippen LogP contribution in [0.25, 0.3) is 16.7 Å². The van der Waals surface area contributed by atoms with E-state index in [0.29, 0.717) is 26.8 Å². The van der Waals surface area contributed by atoms with Gasteiger partial charge in [-0.05, 0) is 39.7 Å². The zero-order valence-electron chi connectivity index (χ0n) is 28.1. The molecule has 0 aliphatic rings. The molecule has 1 N–H and O–H groups in total. The normalized spacial score (nSPS) is 12.5. The van der Waals surface area contributed by atoms with Gasteiger partial charge in [-0.1, -0.05) is 111 Å². The summed E-state index contributed by atoms with van der Waals surface area (Å²) in [5, 5.41) is 10.3. The van der Waals surface area contributed by atoms with Gasteiger partial charge < -0.3 is 19.2 Å². The van der Waals surface area contributed by atoms with Gasteiger partial charge in [0.1, 0.15) is 29.0 Å². The third-order valence-electron chi connectivity index (χ3n) is 8.24. The smallest absolute Gasteiger partial charge is 0.269 e. The number of nitrogens with one attached hydrogen (secondary N) is 1. The molecule has 1 atom stereocenters. The molecule has 3 heterocycles. The van der Waals surface area contributed by atoms with Crippen molar-refractivity contribution in [3.05, 3.63) is 126 Å². The first-order valence-corrected chi connectivity index (χ1v) is 18.8. The molecule has 0 radical (unpaired) electrons. The predicted octanol–water partition coefficient (Wildman–Crippen LogP) is 6.64. The van der Waals surface area contributed by atoms with Gasteiger partial charge in [-0.25, -0.2) is 24.0 Å². The fourth-order valence-corrected chi connectivity index (χ4v) is 11.0. The molecule has 0 fully saturated rings. The predicted molar refractivity (Wildman–Crippen MR) is 198 cm³/mol. The molecule has 0 unspecified atom stereocenters. The highest BCUT2D eigenvalue weighted by Crippen LogP contribution is 2.37. The van der Waals surface area contributed by atoms with Gasteiger partial charge >= 0.3 is 0 Å². The first kappa shape index (κ1) is 36.1. The van der Waals surface area contributed by atoms with Crippen molar-refractivity contribution < 1.29 is 23.1 Å². The Morgan fingerprint density at radius 1 is 0.863 bits per heavy atom. The van der Waals surface area contributed by atoms with Crippen LogP contribution in [0.15, 0.2) is 110 Å². The van der Waals surface area contributed by atoms with Crippen LogP contribution in [0.3, 0.4) is 0 Å². The summed E-state index contributed by atoms with van der Waals surface area (Å²) in [7, 11) is -2.80. The van der Waals surface area contributed by atoms with Crippen LogP contribution < -0.4 is 20.4 Å². The van der Waals surface area contributed by atoms with Gasteiger partial charge in [0, 0.05) is 0 Å². The number of para-hydroxylation sites is 1. The first-order valence-electron chi connectivity index (χ1n) is 16.1. The maximum absolute atomic E-state index is 13.6. The van der Waals surface area contributed by atoms with Gasteiger partial charge in [-0.2, -0.15) is 5.10 Å². The van der Waals surface area contributed by atoms with Crippen molar-refractivity contribution in [1.82, 2.24) is 24.7 Å². The summed E-state index contributed by atoms with van der Waals surface area (Å²) < 4.78 is 34.2. The number of nitrogens with zero attached hydrogens (tertiary/aromatic N) is 5. The monoisotopic (exact) mass is 744 g/mol. The van der Waals surface area contributed by atoms with Crippen LogP contribution in [0, 0.1) is 5.82 Å². The zero-order valence-corrected chi connectivity index (χ0v) is 30.6. The van der Waals surface area contributed by atoms with Gasteiger partial charge in [0.05, 0.1) is 42.3 Å². The molecule has 10 nitrogen and oxygen atoms in total. The molecular weight excluding hydrogens is 710 g/mol. The number of carbonyl (C=O) groups is 1. The lowest BCUT2D eigenvalue weighted by atomic mass is 10.2. The van der Waals surface area contributed by atoms with Gasteiger partial charge in [0.2, 0.25) is 12.0 Å². The minimum atomic E-state index is -2.80. The molecule has 14 heteroatoms. The molecule has 0 aliphatic heterocycles. The molecule has 262 valence electrons. The highest BCUT2D eigenvalue weighted by Gasteiger charge is 2.50. The van der Waals surface area contributed by atoms with E-state index < -0.39 is 26.1 Å². The SMILES string of the molecule is CC(C)(C)[Si](OCCOC[C@H](Oc1ncnc2c1cnn2-c1c(Cl)cccc1Cl)C(=O)Nc1ccc(F)cn1)(c1ccccc1)c1ccccc1. The minimum absolute atomic E-state index is 0.0776. The number of amides is 1. The highest BCUT2D eigenvalue weighted by molar-refractivity contribution is 6.99. The number of aromatic nitrogens is 5. The molecule has 0 bridgehead atoms. The molecule has 0 spiro atoms. The second kappa shape index (κ2) is 15.7. The summed E-state index contributed by atoms with van der Waals surface area (Å²) >= 11 is 12.9. The van der Waals surface area contributed by atoms with Crippen molar-refractivity contribution >= 4 is 64.7 Å². The molecule has 0 saturated carbocycles. The largest absolute Gasteiger partial charge is 0.461 e. The summed E-state index contributed by atoms with van der Waals surface area (Å²) in [5.74, 6) is -0.910. The van der Waals surface area contributed by atoms with Crippen LogP contribution in [-0.4, -0.2) is 64.9 Å². The van der Waals surface area contributed by atoms with Crippen molar-refractivity contribution in [3.63, 3.8) is 0 Å². The number of ether oxygens (including phenoxy) is 2. The van der Waals surface area contributed by atoms with Crippen molar-refractivity contribution in [3.8, 4) is 11.6 Å². The second-order valence-electron chi connectivity index (χ2n) is 12.6. The fourth-order valence-electron chi connectivity index (χ4n) is 5.93. The molecule has 0 saturated heterocycles. The van der Waals surface area contributed by atoms with Crippen LogP contribution in [0.5, 0.6) is 5.88 Å². The fraction of sp³-hybridized carbons (Fsp3) is 0.216. The summed E-state index contributed by atoms with van der Waals surface area (Å²) in [6, 6.07) is 28.2. The second-order valence-corrected chi connectivity index (χ2v) is 17.7. The third-order valence-corrected chi connectivity index (χ3v) is 13.9. The number of hydrogen-bond donors (Lipinski definition) is 1. The molecule has 0 aliphatic carbocycles. The lowest BCUT2D eigenvalue weighted by Crippen LogP contribution is -2.66. The Morgan fingerprint density at radius 3 is 2.14 bits per heavy atom. The average molecular weight is 746 g/mol. The molecule has 51 heavy (non-hydrogen) atoms. The number of rotatable bonds is 13. The van der Waals surface area contributed by atoms with Crippen LogP contribution in [-0.2, 0) is 14.0 Å². The van der Waals surface area contributed by atoms with Crippen molar-refractivity contribution in [2.24, 2.45) is 0 Å². The van der Waals surface area contributed by atoms with E-state index in [2.05, 4.69) is 70.4 Å². The van der Waals surface area contributed by atoms with E-state index in [1.165, 1.54) is 29.3 Å². The number of fused-ring (bicyclic) bond motifs is 1. The van der Waals surface area contributed by atoms with Crippen molar-refractivity contribution in [1.29, 1.82) is 0 Å². The Balaban J connectivity index is 1.23. The molecule has 6 rings (SSSR count). The van der Waals surface area contributed by atoms with Crippen LogP contribution >= 0.6 is 23.2 Å². The third kappa shape index (κ3) is 7.80. The van der Waals surface area contributed by atoms with E-state index in [1.54, 1.807) is 18.2 Å². The van der Waals surface area contributed by atoms with Crippen molar-refractivity contribution in [2.45, 2.75) is 31.9 Å². The maximum Gasteiger partial charge on any atom is 0.269 e. The van der Waals surface area contributed by atoms with Gasteiger partial charge in [0.25, 0.3) is 14.2 Å². The standard InChI is InChI=1S/C37H35Cl2FN6O4Si/c1-37(2,3)51(26-11-6-4-7-12-26,27-13-8-5-9-14-27)49-20-19-48-23-31(35(47)45-32-18-17-25(40)21-41-32)50-36-28-22-44-46(34(28)42-24-43-36)33-29(38)15-10-16-30(33)39/h4-18,21-22,24,31H,19-20,23H2,1-3H3,(H,41,45,47)/t31-/m0/s1. The number of pyridine rings is 1. The summed E-state index contributed by atoms with van der Waals surface area (Å²) in [5.41, 5.74) is 0.787. The summed E-state index contributed by atoms with van der Waals surface area (Å²) in [4.78, 5) is 26.2. The molecule has 6 aromatic rings. The minimum Gasteiger partial charge on any atom is -0.461 e. The van der Waals surface area contributed by atoms with E-state index in [0.717, 1.165) is 16.6 Å². The molecule has 3 aromatic carbocycles. The van der Waals surface area contributed by atoms with Crippen LogP contribution in [0.1, 0.15) is 20.8 Å². The molecular formula is C37H35Cl2FN6O4Si. The zero-order chi connectivity index (χ0) is 36.0. The topological polar surface area (TPSA) is 113 Å². The number of anilines is 1. The average Bonchev–Trinajstić information content (AvgIpc) is 3.55. The van der Waals surface area contributed by atoms with Crippen LogP contribution in [0.2, 0.25) is 15.1 Å². The lowest BCUT2D eigenvalue weighted by molar-refractivity contribution is -0.125. The van der Waals surface area contributed by atoms with Crippen molar-refractivity contribution in [2.75, 3.05) is 25.1 Å². The Morgan fingerprint density at radius 2 is 1.53 bits per heavy atom. The summed E-state index contributed by atoms with van der Waals surface area (Å²) in [6.45, 7) is 6.83. The van der Waals surface area contributed by atoms with Gasteiger partial charge in [-0.15, -0.1) is 0 Å². The Labute approximate surface area is 305 Å². The van der Waals surface area contributed by atoms with E-state index in [9.17, 15) is 9.18 Å². The Bertz CT molecular complexity index is 2040.